The fourth-order valence-corrected chi connectivity index (χ4v) is 1.94. The Morgan fingerprint density at radius 1 is 1.26 bits per heavy atom. The van der Waals surface area contributed by atoms with Gasteiger partial charge in [-0.2, -0.15) is 18.3 Å². The van der Waals surface area contributed by atoms with E-state index in [2.05, 4.69) is 5.10 Å². The Morgan fingerprint density at radius 3 is 2.53 bits per heavy atom. The second-order valence-electron chi connectivity index (χ2n) is 4.37. The summed E-state index contributed by atoms with van der Waals surface area (Å²) >= 11 is 0. The number of halogens is 3. The van der Waals surface area contributed by atoms with Gasteiger partial charge < -0.3 is 5.73 Å². The number of rotatable bonds is 3. The first-order valence-corrected chi connectivity index (χ1v) is 5.79. The van der Waals surface area contributed by atoms with Crippen molar-refractivity contribution in [2.45, 2.75) is 25.7 Å². The highest BCUT2D eigenvalue weighted by Gasteiger charge is 2.34. The van der Waals surface area contributed by atoms with Crippen LogP contribution in [0.25, 0.3) is 0 Å². The Hall–Kier alpha value is -1.82. The molecule has 3 nitrogen and oxygen atoms in total. The molecule has 102 valence electrons. The maximum atomic E-state index is 12.9. The second kappa shape index (κ2) is 5.05. The van der Waals surface area contributed by atoms with Crippen molar-refractivity contribution in [1.82, 2.24) is 9.78 Å². The van der Waals surface area contributed by atoms with Gasteiger partial charge in [0.15, 0.2) is 0 Å². The summed E-state index contributed by atoms with van der Waals surface area (Å²) in [7, 11) is 0. The van der Waals surface area contributed by atoms with Crippen molar-refractivity contribution < 1.29 is 13.2 Å². The predicted molar refractivity (Wildman–Crippen MR) is 65.3 cm³/mol. The fourth-order valence-electron chi connectivity index (χ4n) is 1.94. The Labute approximate surface area is 108 Å². The van der Waals surface area contributed by atoms with E-state index >= 15 is 0 Å². The van der Waals surface area contributed by atoms with E-state index in [0.29, 0.717) is 0 Å². The van der Waals surface area contributed by atoms with Crippen LogP contribution in [0.2, 0.25) is 0 Å². The molecule has 0 radical (unpaired) electrons. The average molecular weight is 269 g/mol. The lowest BCUT2D eigenvalue weighted by Crippen LogP contribution is -2.22. The van der Waals surface area contributed by atoms with E-state index in [4.69, 9.17) is 5.73 Å². The van der Waals surface area contributed by atoms with Gasteiger partial charge >= 0.3 is 6.18 Å². The number of hydrogen-bond acceptors (Lipinski definition) is 2. The summed E-state index contributed by atoms with van der Waals surface area (Å²) in [5.74, 6) is 0. The van der Waals surface area contributed by atoms with Crippen LogP contribution < -0.4 is 5.73 Å². The molecule has 2 N–H and O–H groups in total. The molecule has 2 rings (SSSR count). The maximum absolute atomic E-state index is 12.9. The third-order valence-corrected chi connectivity index (χ3v) is 2.82. The molecular formula is C13H14F3N3. The summed E-state index contributed by atoms with van der Waals surface area (Å²) < 4.78 is 40.2. The summed E-state index contributed by atoms with van der Waals surface area (Å²) in [6.45, 7) is 2.02. The Kier molecular flexibility index (Phi) is 3.61. The lowest BCUT2D eigenvalue weighted by Gasteiger charge is -2.18. The summed E-state index contributed by atoms with van der Waals surface area (Å²) in [5.41, 5.74) is 6.07. The van der Waals surface area contributed by atoms with Crippen LogP contribution in [0.3, 0.4) is 0 Å². The molecule has 1 unspecified atom stereocenters. The molecule has 0 amide bonds. The maximum Gasteiger partial charge on any atom is 0.416 e. The first-order valence-electron chi connectivity index (χ1n) is 5.79. The van der Waals surface area contributed by atoms with Gasteiger partial charge in [-0.25, -0.2) is 0 Å². The van der Waals surface area contributed by atoms with Gasteiger partial charge in [-0.05, 0) is 24.6 Å². The first kappa shape index (κ1) is 13.6. The molecule has 0 aliphatic rings. The van der Waals surface area contributed by atoms with E-state index in [9.17, 15) is 13.2 Å². The van der Waals surface area contributed by atoms with Crippen molar-refractivity contribution in [3.63, 3.8) is 0 Å². The van der Waals surface area contributed by atoms with Gasteiger partial charge in [-0.15, -0.1) is 0 Å². The minimum absolute atomic E-state index is 0.0863. The van der Waals surface area contributed by atoms with Crippen LogP contribution in [0.5, 0.6) is 0 Å². The van der Waals surface area contributed by atoms with Crippen molar-refractivity contribution in [3.05, 3.63) is 53.3 Å². The van der Waals surface area contributed by atoms with E-state index in [1.807, 2.05) is 6.92 Å². The van der Waals surface area contributed by atoms with Crippen LogP contribution in [0.1, 0.15) is 22.9 Å². The molecular weight excluding hydrogens is 255 g/mol. The van der Waals surface area contributed by atoms with Crippen molar-refractivity contribution >= 4 is 0 Å². The second-order valence-corrected chi connectivity index (χ2v) is 4.37. The molecule has 6 heteroatoms. The zero-order valence-corrected chi connectivity index (χ0v) is 10.4. The monoisotopic (exact) mass is 269 g/mol. The minimum Gasteiger partial charge on any atom is -0.322 e. The zero-order valence-electron chi connectivity index (χ0n) is 10.4. The molecule has 1 atom stereocenters. The third kappa shape index (κ3) is 3.14. The summed E-state index contributed by atoms with van der Waals surface area (Å²) in [6, 6.07) is 6.39. The molecule has 19 heavy (non-hydrogen) atoms. The highest BCUT2D eigenvalue weighted by molar-refractivity contribution is 5.32. The third-order valence-electron chi connectivity index (χ3n) is 2.82. The summed E-state index contributed by atoms with van der Waals surface area (Å²) in [6.07, 6.45) is -2.69. The number of hydrogen-bond donors (Lipinski definition) is 1. The quantitative estimate of drug-likeness (QED) is 0.931. The van der Waals surface area contributed by atoms with Gasteiger partial charge in [-0.1, -0.05) is 18.2 Å². The molecule has 0 aliphatic carbocycles. The number of aromatic nitrogens is 2. The number of benzene rings is 1. The number of nitrogens with zero attached hydrogens (tertiary/aromatic N) is 2. The fraction of sp³-hybridized carbons (Fsp3) is 0.308. The van der Waals surface area contributed by atoms with E-state index in [-0.39, 0.29) is 12.1 Å². The van der Waals surface area contributed by atoms with Crippen molar-refractivity contribution in [1.29, 1.82) is 0 Å². The topological polar surface area (TPSA) is 43.8 Å². The highest BCUT2D eigenvalue weighted by Crippen LogP contribution is 2.34. The largest absolute Gasteiger partial charge is 0.416 e. The number of aryl methyl sites for hydroxylation is 1. The number of nitrogens with two attached hydrogens (primary N) is 1. The first-order chi connectivity index (χ1) is 8.88. The van der Waals surface area contributed by atoms with Gasteiger partial charge in [0.25, 0.3) is 0 Å². The van der Waals surface area contributed by atoms with Gasteiger partial charge in [0.2, 0.25) is 0 Å². The van der Waals surface area contributed by atoms with Crippen LogP contribution in [0.15, 0.2) is 36.5 Å². The highest BCUT2D eigenvalue weighted by atomic mass is 19.4. The smallest absolute Gasteiger partial charge is 0.322 e. The molecule has 0 fully saturated rings. The lowest BCUT2D eigenvalue weighted by atomic mass is 10.0. The Balaban J connectivity index is 2.26. The Bertz CT molecular complexity index is 560. The summed E-state index contributed by atoms with van der Waals surface area (Å²) in [5, 5.41) is 4.12. The summed E-state index contributed by atoms with van der Waals surface area (Å²) in [4.78, 5) is 0. The molecule has 0 saturated carbocycles. The van der Waals surface area contributed by atoms with Gasteiger partial charge in [-0.3, -0.25) is 4.68 Å². The Morgan fingerprint density at radius 2 is 1.95 bits per heavy atom. The normalized spacial score (nSPS) is 13.5. The van der Waals surface area contributed by atoms with Crippen LogP contribution in [0.4, 0.5) is 13.2 Å². The molecule has 0 aliphatic heterocycles. The lowest BCUT2D eigenvalue weighted by molar-refractivity contribution is -0.138. The van der Waals surface area contributed by atoms with Crippen molar-refractivity contribution in [2.24, 2.45) is 5.73 Å². The van der Waals surface area contributed by atoms with E-state index in [1.54, 1.807) is 23.0 Å². The molecule has 0 saturated heterocycles. The van der Waals surface area contributed by atoms with Gasteiger partial charge in [0.05, 0.1) is 17.8 Å². The molecule has 0 bridgehead atoms. The average Bonchev–Trinajstić information content (AvgIpc) is 2.73. The molecule has 1 aromatic carbocycles. The molecule has 0 spiro atoms. The van der Waals surface area contributed by atoms with Gasteiger partial charge in [0, 0.05) is 12.2 Å². The van der Waals surface area contributed by atoms with E-state index in [0.717, 1.165) is 11.8 Å². The zero-order chi connectivity index (χ0) is 14.0. The van der Waals surface area contributed by atoms with E-state index in [1.165, 1.54) is 12.1 Å². The van der Waals surface area contributed by atoms with Crippen molar-refractivity contribution in [2.75, 3.05) is 0 Å². The SMILES string of the molecule is Cc1ccn(CC(N)c2ccccc2C(F)(F)F)n1. The molecule has 1 aromatic heterocycles. The molecule has 2 aromatic rings. The van der Waals surface area contributed by atoms with Crippen LogP contribution in [0, 0.1) is 6.92 Å². The van der Waals surface area contributed by atoms with E-state index < -0.39 is 17.8 Å². The minimum atomic E-state index is -4.39. The van der Waals surface area contributed by atoms with Crippen LogP contribution in [-0.4, -0.2) is 9.78 Å². The standard InChI is InChI=1S/C13H14F3N3/c1-9-6-7-19(18-9)8-12(17)10-4-2-3-5-11(10)13(14,15)16/h2-7,12H,8,17H2,1H3. The molecule has 1 heterocycles. The van der Waals surface area contributed by atoms with Crippen molar-refractivity contribution in [3.8, 4) is 0 Å². The van der Waals surface area contributed by atoms with Crippen LogP contribution >= 0.6 is 0 Å². The van der Waals surface area contributed by atoms with Crippen LogP contribution in [-0.2, 0) is 12.7 Å². The van der Waals surface area contributed by atoms with Gasteiger partial charge in [0.1, 0.15) is 0 Å². The number of alkyl halides is 3. The predicted octanol–water partition coefficient (Wildman–Crippen LogP) is 2.91.